The fourth-order valence-corrected chi connectivity index (χ4v) is 3.52. The highest BCUT2D eigenvalue weighted by Crippen LogP contribution is 2.30. The van der Waals surface area contributed by atoms with Gasteiger partial charge in [0, 0.05) is 32.6 Å². The van der Waals surface area contributed by atoms with Crippen molar-refractivity contribution in [3.05, 3.63) is 4.88 Å². The molecule has 0 aromatic carbocycles. The number of thiazole rings is 1. The Kier molecular flexibility index (Phi) is 5.05. The van der Waals surface area contributed by atoms with E-state index in [2.05, 4.69) is 11.9 Å². The summed E-state index contributed by atoms with van der Waals surface area (Å²) in [7, 11) is 1.95. The Balaban J connectivity index is 2.10. The fraction of sp³-hybridized carbons (Fsp3) is 0.714. The van der Waals surface area contributed by atoms with Gasteiger partial charge in [-0.2, -0.15) is 0 Å². The van der Waals surface area contributed by atoms with Crippen LogP contribution in [-0.2, 0) is 0 Å². The number of aliphatic hydroxyl groups excluding tert-OH is 1. The molecule has 3 N–H and O–H groups in total. The summed E-state index contributed by atoms with van der Waals surface area (Å²) in [6.45, 7) is 6.02. The molecule has 1 aliphatic heterocycles. The van der Waals surface area contributed by atoms with Gasteiger partial charge in [-0.1, -0.05) is 18.3 Å². The number of amides is 1. The fourth-order valence-electron chi connectivity index (χ4n) is 2.58. The summed E-state index contributed by atoms with van der Waals surface area (Å²) in [5.74, 6) is 0.401. The molecule has 0 spiro atoms. The maximum Gasteiger partial charge on any atom is 0.267 e. The third-order valence-electron chi connectivity index (χ3n) is 3.92. The Morgan fingerprint density at radius 1 is 1.67 bits per heavy atom. The highest BCUT2D eigenvalue weighted by atomic mass is 32.1. The molecule has 1 fully saturated rings. The number of aliphatic hydroxyl groups is 1. The smallest absolute Gasteiger partial charge is 0.267 e. The van der Waals surface area contributed by atoms with Gasteiger partial charge in [0.05, 0.1) is 6.10 Å². The maximum absolute atomic E-state index is 12.5. The molecule has 1 amide bonds. The van der Waals surface area contributed by atoms with Crippen LogP contribution in [0, 0.1) is 5.92 Å². The first-order valence-electron chi connectivity index (χ1n) is 7.38. The van der Waals surface area contributed by atoms with Crippen LogP contribution in [0.3, 0.4) is 0 Å². The minimum absolute atomic E-state index is 0.0655. The lowest BCUT2D eigenvalue weighted by atomic mass is 10.0. The van der Waals surface area contributed by atoms with Crippen LogP contribution in [0.4, 0.5) is 10.9 Å². The number of nitrogens with zero attached hydrogens (tertiary/aromatic N) is 3. The van der Waals surface area contributed by atoms with Crippen LogP contribution in [0.25, 0.3) is 0 Å². The summed E-state index contributed by atoms with van der Waals surface area (Å²) in [6.07, 6.45) is 1.47. The van der Waals surface area contributed by atoms with E-state index in [1.54, 1.807) is 11.8 Å². The lowest BCUT2D eigenvalue weighted by molar-refractivity contribution is 0.0768. The first-order chi connectivity index (χ1) is 9.93. The average molecular weight is 312 g/mol. The van der Waals surface area contributed by atoms with Crippen molar-refractivity contribution >= 4 is 28.2 Å². The quantitative estimate of drug-likeness (QED) is 0.859. The van der Waals surface area contributed by atoms with Crippen molar-refractivity contribution in [2.45, 2.75) is 32.8 Å². The topological polar surface area (TPSA) is 82.7 Å². The zero-order valence-electron chi connectivity index (χ0n) is 12.9. The average Bonchev–Trinajstić information content (AvgIpc) is 3.05. The van der Waals surface area contributed by atoms with Crippen molar-refractivity contribution in [1.29, 1.82) is 0 Å². The van der Waals surface area contributed by atoms with Crippen molar-refractivity contribution in [2.75, 3.05) is 37.3 Å². The number of aromatic nitrogens is 1. The zero-order chi connectivity index (χ0) is 15.6. The van der Waals surface area contributed by atoms with Gasteiger partial charge >= 0.3 is 0 Å². The van der Waals surface area contributed by atoms with Gasteiger partial charge in [0.1, 0.15) is 10.7 Å². The lowest BCUT2D eigenvalue weighted by Gasteiger charge is -2.17. The predicted molar refractivity (Wildman–Crippen MR) is 85.8 cm³/mol. The van der Waals surface area contributed by atoms with Crippen molar-refractivity contribution in [3.63, 3.8) is 0 Å². The summed E-state index contributed by atoms with van der Waals surface area (Å²) in [4.78, 5) is 21.1. The lowest BCUT2D eigenvalue weighted by Crippen LogP contribution is -2.30. The number of carbonyl (C=O) groups is 1. The molecule has 2 atom stereocenters. The summed E-state index contributed by atoms with van der Waals surface area (Å²) >= 11 is 1.35. The Labute approximate surface area is 129 Å². The van der Waals surface area contributed by atoms with Gasteiger partial charge in [-0.3, -0.25) is 4.79 Å². The summed E-state index contributed by atoms with van der Waals surface area (Å²) in [5, 5.41) is 10.4. The maximum atomic E-state index is 12.5. The number of likely N-dealkylation sites (tertiary alicyclic amines) is 1. The summed E-state index contributed by atoms with van der Waals surface area (Å²) in [6, 6.07) is 0. The molecule has 1 aromatic heterocycles. The Bertz CT molecular complexity index is 503. The van der Waals surface area contributed by atoms with E-state index < -0.39 is 0 Å². The van der Waals surface area contributed by atoms with Gasteiger partial charge in [0.25, 0.3) is 5.91 Å². The van der Waals surface area contributed by atoms with Gasteiger partial charge < -0.3 is 20.6 Å². The van der Waals surface area contributed by atoms with Crippen LogP contribution < -0.4 is 10.6 Å². The van der Waals surface area contributed by atoms with Gasteiger partial charge in [0.2, 0.25) is 0 Å². The molecule has 118 valence electrons. The molecular formula is C14H24N4O2S. The molecule has 0 aliphatic carbocycles. The van der Waals surface area contributed by atoms with E-state index in [1.165, 1.54) is 11.3 Å². The van der Waals surface area contributed by atoms with Crippen molar-refractivity contribution in [3.8, 4) is 0 Å². The van der Waals surface area contributed by atoms with E-state index in [0.29, 0.717) is 23.8 Å². The molecular weight excluding hydrogens is 288 g/mol. The second-order valence-corrected chi connectivity index (χ2v) is 6.65. The van der Waals surface area contributed by atoms with Gasteiger partial charge in [-0.05, 0) is 19.8 Å². The number of carbonyl (C=O) groups excluding carboxylic acids is 1. The number of rotatable bonds is 5. The highest BCUT2D eigenvalue weighted by Gasteiger charge is 2.31. The molecule has 0 saturated carbocycles. The predicted octanol–water partition coefficient (Wildman–Crippen LogP) is 1.41. The van der Waals surface area contributed by atoms with Crippen LogP contribution >= 0.6 is 11.3 Å². The SMILES string of the molecule is CCCN(C)c1nc(N)c(C(=O)N2CCC(C(C)O)C2)s1. The van der Waals surface area contributed by atoms with Crippen LogP contribution in [0.15, 0.2) is 0 Å². The van der Waals surface area contributed by atoms with E-state index >= 15 is 0 Å². The standard InChI is InChI=1S/C14H24N4O2S/c1-4-6-17(3)14-16-12(15)11(21-14)13(20)18-7-5-10(8-18)9(2)19/h9-10,19H,4-8,15H2,1-3H3. The molecule has 1 aromatic rings. The molecule has 0 bridgehead atoms. The van der Waals surface area contributed by atoms with Crippen molar-refractivity contribution in [1.82, 2.24) is 9.88 Å². The highest BCUT2D eigenvalue weighted by molar-refractivity contribution is 7.18. The minimum Gasteiger partial charge on any atom is -0.393 e. The largest absolute Gasteiger partial charge is 0.393 e. The van der Waals surface area contributed by atoms with E-state index in [-0.39, 0.29) is 17.9 Å². The van der Waals surface area contributed by atoms with E-state index in [9.17, 15) is 9.90 Å². The Hall–Kier alpha value is -1.34. The van der Waals surface area contributed by atoms with Crippen LogP contribution in [-0.4, -0.2) is 53.7 Å². The first-order valence-corrected chi connectivity index (χ1v) is 8.20. The summed E-state index contributed by atoms with van der Waals surface area (Å²) in [5.41, 5.74) is 5.91. The Morgan fingerprint density at radius 2 is 2.38 bits per heavy atom. The van der Waals surface area contributed by atoms with E-state index in [1.807, 2.05) is 11.9 Å². The molecule has 2 rings (SSSR count). The van der Waals surface area contributed by atoms with Gasteiger partial charge in [-0.25, -0.2) is 4.98 Å². The Morgan fingerprint density at radius 3 is 2.95 bits per heavy atom. The molecule has 1 saturated heterocycles. The molecule has 21 heavy (non-hydrogen) atoms. The van der Waals surface area contributed by atoms with Crippen molar-refractivity contribution in [2.24, 2.45) is 5.92 Å². The van der Waals surface area contributed by atoms with E-state index in [4.69, 9.17) is 5.73 Å². The molecule has 2 heterocycles. The monoisotopic (exact) mass is 312 g/mol. The third-order valence-corrected chi connectivity index (χ3v) is 5.09. The minimum atomic E-state index is -0.382. The van der Waals surface area contributed by atoms with E-state index in [0.717, 1.165) is 24.5 Å². The molecule has 1 aliphatic rings. The van der Waals surface area contributed by atoms with Gasteiger partial charge in [0.15, 0.2) is 5.13 Å². The second-order valence-electron chi connectivity index (χ2n) is 5.67. The second kappa shape index (κ2) is 6.62. The number of anilines is 2. The number of hydrogen-bond donors (Lipinski definition) is 2. The van der Waals surface area contributed by atoms with Gasteiger partial charge in [-0.15, -0.1) is 0 Å². The normalized spacial score (nSPS) is 19.8. The van der Waals surface area contributed by atoms with Crippen LogP contribution in [0.5, 0.6) is 0 Å². The molecule has 6 nitrogen and oxygen atoms in total. The number of nitrogen functional groups attached to an aromatic ring is 1. The molecule has 0 radical (unpaired) electrons. The molecule has 7 heteroatoms. The third kappa shape index (κ3) is 3.47. The van der Waals surface area contributed by atoms with Crippen molar-refractivity contribution < 1.29 is 9.90 Å². The molecule has 2 unspecified atom stereocenters. The number of hydrogen-bond acceptors (Lipinski definition) is 6. The number of nitrogens with two attached hydrogens (primary N) is 1. The zero-order valence-corrected chi connectivity index (χ0v) is 13.7. The van der Waals surface area contributed by atoms with Crippen LogP contribution in [0.2, 0.25) is 0 Å². The first kappa shape index (κ1) is 16.0. The summed E-state index contributed by atoms with van der Waals surface area (Å²) < 4.78 is 0. The van der Waals surface area contributed by atoms with Crippen LogP contribution in [0.1, 0.15) is 36.4 Å².